The summed E-state index contributed by atoms with van der Waals surface area (Å²) >= 11 is 0. The second-order valence-corrected chi connectivity index (χ2v) is 6.92. The van der Waals surface area contributed by atoms with E-state index in [0.29, 0.717) is 5.69 Å². The smallest absolute Gasteiger partial charge is 0.275 e. The Morgan fingerprint density at radius 3 is 2.70 bits per heavy atom. The van der Waals surface area contributed by atoms with Gasteiger partial charge in [-0.05, 0) is 49.9 Å². The van der Waals surface area contributed by atoms with Crippen LogP contribution in [-0.2, 0) is 6.42 Å². The summed E-state index contributed by atoms with van der Waals surface area (Å²) in [6.07, 6.45) is 5.38. The number of aromatic nitrogens is 2. The number of nitrogens with zero attached hydrogens (tertiary/aromatic N) is 3. The second-order valence-electron chi connectivity index (χ2n) is 6.92. The summed E-state index contributed by atoms with van der Waals surface area (Å²) < 4.78 is 0. The van der Waals surface area contributed by atoms with Crippen LogP contribution >= 0.6 is 0 Å². The lowest BCUT2D eigenvalue weighted by Gasteiger charge is -2.30. The Labute approximate surface area is 159 Å². The average molecular weight is 358 g/mol. The van der Waals surface area contributed by atoms with Gasteiger partial charge in [-0.25, -0.2) is 9.97 Å². The van der Waals surface area contributed by atoms with Crippen LogP contribution in [0.15, 0.2) is 54.9 Å². The molecular formula is C22H22N4O. The summed E-state index contributed by atoms with van der Waals surface area (Å²) in [5.41, 5.74) is 5.78. The van der Waals surface area contributed by atoms with Gasteiger partial charge in [-0.2, -0.15) is 0 Å². The Morgan fingerprint density at radius 2 is 1.93 bits per heavy atom. The number of amides is 1. The maximum absolute atomic E-state index is 12.5. The number of hydrogen-bond donors (Lipinski definition) is 1. The molecule has 0 unspecified atom stereocenters. The zero-order valence-corrected chi connectivity index (χ0v) is 15.6. The molecule has 3 aromatic rings. The molecule has 1 amide bonds. The molecule has 0 saturated carbocycles. The number of carbonyl (C=O) groups excluding carboxylic acids is 1. The molecule has 1 N–H and O–H groups in total. The fourth-order valence-electron chi connectivity index (χ4n) is 3.49. The molecule has 0 fully saturated rings. The molecular weight excluding hydrogens is 336 g/mol. The highest BCUT2D eigenvalue weighted by Crippen LogP contribution is 2.31. The van der Waals surface area contributed by atoms with Crippen molar-refractivity contribution in [2.75, 3.05) is 16.8 Å². The van der Waals surface area contributed by atoms with Gasteiger partial charge in [0.15, 0.2) is 5.82 Å². The summed E-state index contributed by atoms with van der Waals surface area (Å²) in [5.74, 6) is 0.519. The molecule has 1 aliphatic rings. The number of anilines is 3. The van der Waals surface area contributed by atoms with Gasteiger partial charge in [0.25, 0.3) is 5.91 Å². The van der Waals surface area contributed by atoms with Crippen LogP contribution in [0.3, 0.4) is 0 Å². The van der Waals surface area contributed by atoms with E-state index in [1.807, 2.05) is 38.1 Å². The molecule has 2 heterocycles. The number of benzene rings is 2. The van der Waals surface area contributed by atoms with E-state index in [1.165, 1.54) is 11.3 Å². The van der Waals surface area contributed by atoms with E-state index in [4.69, 9.17) is 0 Å². The molecule has 2 aromatic carbocycles. The molecule has 5 nitrogen and oxygen atoms in total. The number of carbonyl (C=O) groups is 1. The fourth-order valence-corrected chi connectivity index (χ4v) is 3.49. The van der Waals surface area contributed by atoms with Gasteiger partial charge in [0.2, 0.25) is 0 Å². The van der Waals surface area contributed by atoms with Crippen LogP contribution in [0.1, 0.15) is 33.6 Å². The van der Waals surface area contributed by atoms with Gasteiger partial charge < -0.3 is 10.2 Å². The van der Waals surface area contributed by atoms with Crippen LogP contribution in [0.5, 0.6) is 0 Å². The van der Waals surface area contributed by atoms with Crippen molar-refractivity contribution in [1.82, 2.24) is 9.97 Å². The van der Waals surface area contributed by atoms with E-state index < -0.39 is 0 Å². The zero-order chi connectivity index (χ0) is 18.8. The Kier molecular flexibility index (Phi) is 4.59. The highest BCUT2D eigenvalue weighted by atomic mass is 16.1. The minimum atomic E-state index is -0.250. The van der Waals surface area contributed by atoms with Crippen LogP contribution in [0, 0.1) is 13.8 Å². The van der Waals surface area contributed by atoms with E-state index in [1.54, 1.807) is 12.4 Å². The quantitative estimate of drug-likeness (QED) is 0.752. The van der Waals surface area contributed by atoms with Crippen molar-refractivity contribution >= 4 is 23.1 Å². The van der Waals surface area contributed by atoms with Crippen molar-refractivity contribution < 1.29 is 4.79 Å². The molecule has 0 atom stereocenters. The zero-order valence-electron chi connectivity index (χ0n) is 15.6. The summed E-state index contributed by atoms with van der Waals surface area (Å²) in [7, 11) is 0. The Bertz CT molecular complexity index is 982. The summed E-state index contributed by atoms with van der Waals surface area (Å²) in [6.45, 7) is 4.91. The third-order valence-electron chi connectivity index (χ3n) is 4.89. The molecule has 1 aliphatic heterocycles. The standard InChI is InChI=1S/C22H22N4O/c1-15-9-10-18(16(2)12-15)25-22(27)19-13-24-21(14-23-19)26-11-5-7-17-6-3-4-8-20(17)26/h3-4,6,8-10,12-14H,5,7,11H2,1-2H3,(H,25,27). The lowest BCUT2D eigenvalue weighted by Crippen LogP contribution is -2.25. The van der Waals surface area contributed by atoms with Crippen LogP contribution < -0.4 is 10.2 Å². The molecule has 0 aliphatic carbocycles. The predicted molar refractivity (Wildman–Crippen MR) is 108 cm³/mol. The molecule has 136 valence electrons. The number of rotatable bonds is 3. The number of hydrogen-bond acceptors (Lipinski definition) is 4. The van der Waals surface area contributed by atoms with E-state index in [2.05, 4.69) is 38.4 Å². The lowest BCUT2D eigenvalue weighted by molar-refractivity contribution is 0.102. The lowest BCUT2D eigenvalue weighted by atomic mass is 10.0. The van der Waals surface area contributed by atoms with Gasteiger partial charge in [-0.1, -0.05) is 35.9 Å². The first-order valence-electron chi connectivity index (χ1n) is 9.18. The van der Waals surface area contributed by atoms with Crippen LogP contribution in [0.25, 0.3) is 0 Å². The van der Waals surface area contributed by atoms with Crippen molar-refractivity contribution in [1.29, 1.82) is 0 Å². The summed E-state index contributed by atoms with van der Waals surface area (Å²) in [5, 5.41) is 2.91. The monoisotopic (exact) mass is 358 g/mol. The molecule has 0 bridgehead atoms. The average Bonchev–Trinajstić information content (AvgIpc) is 2.70. The first kappa shape index (κ1) is 17.2. The summed E-state index contributed by atoms with van der Waals surface area (Å²) in [6, 6.07) is 14.3. The topological polar surface area (TPSA) is 58.1 Å². The highest BCUT2D eigenvalue weighted by molar-refractivity contribution is 6.03. The summed E-state index contributed by atoms with van der Waals surface area (Å²) in [4.78, 5) is 23.5. The van der Waals surface area contributed by atoms with Crippen LogP contribution in [0.4, 0.5) is 17.2 Å². The number of nitrogens with one attached hydrogen (secondary N) is 1. The Balaban J connectivity index is 1.53. The third kappa shape index (κ3) is 3.53. The normalized spacial score (nSPS) is 13.2. The fraction of sp³-hybridized carbons (Fsp3) is 0.227. The molecule has 0 saturated heterocycles. The van der Waals surface area contributed by atoms with Gasteiger partial charge in [-0.15, -0.1) is 0 Å². The maximum Gasteiger partial charge on any atom is 0.275 e. The Morgan fingerprint density at radius 1 is 1.07 bits per heavy atom. The molecule has 0 spiro atoms. The molecule has 0 radical (unpaired) electrons. The first-order valence-corrected chi connectivity index (χ1v) is 9.18. The predicted octanol–water partition coefficient (Wildman–Crippen LogP) is 4.43. The van der Waals surface area contributed by atoms with Crippen LogP contribution in [0.2, 0.25) is 0 Å². The Hall–Kier alpha value is -3.21. The van der Waals surface area contributed by atoms with Crippen molar-refractivity contribution in [3.05, 3.63) is 77.2 Å². The molecule has 1 aromatic heterocycles. The third-order valence-corrected chi connectivity index (χ3v) is 4.89. The number of para-hydroxylation sites is 1. The van der Waals surface area contributed by atoms with Gasteiger partial charge in [0, 0.05) is 17.9 Å². The van der Waals surface area contributed by atoms with E-state index in [0.717, 1.165) is 42.0 Å². The largest absolute Gasteiger partial charge is 0.325 e. The minimum Gasteiger partial charge on any atom is -0.325 e. The number of aryl methyl sites for hydroxylation is 3. The number of fused-ring (bicyclic) bond motifs is 1. The SMILES string of the molecule is Cc1ccc(NC(=O)c2cnc(N3CCCc4ccccc43)cn2)c(C)c1. The van der Waals surface area contributed by atoms with Gasteiger partial charge >= 0.3 is 0 Å². The van der Waals surface area contributed by atoms with Gasteiger partial charge in [0.1, 0.15) is 5.69 Å². The molecule has 4 rings (SSSR count). The van der Waals surface area contributed by atoms with Gasteiger partial charge in [0.05, 0.1) is 12.4 Å². The first-order chi connectivity index (χ1) is 13.1. The van der Waals surface area contributed by atoms with Crippen LogP contribution in [-0.4, -0.2) is 22.4 Å². The minimum absolute atomic E-state index is 0.250. The van der Waals surface area contributed by atoms with E-state index in [-0.39, 0.29) is 5.91 Å². The van der Waals surface area contributed by atoms with Gasteiger partial charge in [-0.3, -0.25) is 4.79 Å². The molecule has 5 heteroatoms. The van der Waals surface area contributed by atoms with Crippen molar-refractivity contribution in [3.8, 4) is 0 Å². The van der Waals surface area contributed by atoms with Crippen molar-refractivity contribution in [2.24, 2.45) is 0 Å². The molecule has 27 heavy (non-hydrogen) atoms. The van der Waals surface area contributed by atoms with Crippen molar-refractivity contribution in [3.63, 3.8) is 0 Å². The van der Waals surface area contributed by atoms with E-state index in [9.17, 15) is 4.79 Å². The van der Waals surface area contributed by atoms with Crippen molar-refractivity contribution in [2.45, 2.75) is 26.7 Å². The highest BCUT2D eigenvalue weighted by Gasteiger charge is 2.19. The van der Waals surface area contributed by atoms with E-state index >= 15 is 0 Å². The maximum atomic E-state index is 12.5. The second kappa shape index (κ2) is 7.19.